The van der Waals surface area contributed by atoms with Gasteiger partial charge in [0.05, 0.1) is 16.8 Å². The smallest absolute Gasteiger partial charge is 0.239 e. The van der Waals surface area contributed by atoms with Crippen molar-refractivity contribution in [1.82, 2.24) is 9.55 Å². The Bertz CT molecular complexity index is 1150. The third-order valence-corrected chi connectivity index (χ3v) is 7.05. The second kappa shape index (κ2) is 8.28. The molecule has 3 aromatic rings. The lowest BCUT2D eigenvalue weighted by atomic mass is 10.2. The van der Waals surface area contributed by atoms with Crippen LogP contribution in [-0.2, 0) is 33.4 Å². The highest BCUT2D eigenvalue weighted by Gasteiger charge is 2.19. The molecule has 0 aliphatic carbocycles. The average Bonchev–Trinajstić information content (AvgIpc) is 2.83. The number of carbonyl (C=O) groups excluding carboxylic acids is 1. The van der Waals surface area contributed by atoms with Crippen LogP contribution >= 0.6 is 15.9 Å². The van der Waals surface area contributed by atoms with Crippen LogP contribution in [0.15, 0.2) is 46.9 Å². The van der Waals surface area contributed by atoms with Crippen molar-refractivity contribution in [1.29, 1.82) is 0 Å². The Labute approximate surface area is 178 Å². The molecular formula is C21H22BrN3O3S. The first-order valence-electron chi connectivity index (χ1n) is 9.63. The maximum Gasteiger partial charge on any atom is 0.239 e. The molecule has 2 aromatic carbocycles. The van der Waals surface area contributed by atoms with E-state index in [-0.39, 0.29) is 5.75 Å². The van der Waals surface area contributed by atoms with Crippen molar-refractivity contribution in [3.05, 3.63) is 58.3 Å². The highest BCUT2D eigenvalue weighted by Crippen LogP contribution is 2.24. The maximum absolute atomic E-state index is 12.4. The van der Waals surface area contributed by atoms with Gasteiger partial charge < -0.3 is 9.88 Å². The molecule has 1 N–H and O–H groups in total. The molecule has 6 nitrogen and oxygen atoms in total. The van der Waals surface area contributed by atoms with Crippen molar-refractivity contribution >= 4 is 48.4 Å². The molecule has 0 spiro atoms. The van der Waals surface area contributed by atoms with E-state index in [2.05, 4.69) is 25.8 Å². The summed E-state index contributed by atoms with van der Waals surface area (Å²) in [5.41, 5.74) is 3.11. The standard InChI is InChI=1S/C21H22BrN3O3S/c22-16-7-5-15(6-8-16)13-29(27,28)14-21(26)23-17-9-10-19-18(12-17)24-20-4-2-1-3-11-25(19)20/h5-10,12H,1-4,11,13-14H2,(H,23,26). The van der Waals surface area contributed by atoms with Crippen molar-refractivity contribution in [3.63, 3.8) is 0 Å². The predicted molar refractivity (Wildman–Crippen MR) is 118 cm³/mol. The zero-order chi connectivity index (χ0) is 20.4. The van der Waals surface area contributed by atoms with Gasteiger partial charge >= 0.3 is 0 Å². The molecular weight excluding hydrogens is 454 g/mol. The zero-order valence-corrected chi connectivity index (χ0v) is 18.3. The van der Waals surface area contributed by atoms with Gasteiger partial charge in [-0.3, -0.25) is 4.79 Å². The van der Waals surface area contributed by atoms with E-state index in [1.807, 2.05) is 12.1 Å². The summed E-state index contributed by atoms with van der Waals surface area (Å²) in [6, 6.07) is 12.6. The number of sulfone groups is 1. The lowest BCUT2D eigenvalue weighted by Gasteiger charge is -2.08. The van der Waals surface area contributed by atoms with Gasteiger partial charge in [0.1, 0.15) is 11.6 Å². The van der Waals surface area contributed by atoms with E-state index >= 15 is 0 Å². The number of benzene rings is 2. The van der Waals surface area contributed by atoms with E-state index < -0.39 is 21.5 Å². The fourth-order valence-corrected chi connectivity index (χ4v) is 5.25. The summed E-state index contributed by atoms with van der Waals surface area (Å²) in [6.45, 7) is 0.964. The lowest BCUT2D eigenvalue weighted by Crippen LogP contribution is -2.23. The second-order valence-corrected chi connectivity index (χ2v) is 10.4. The molecule has 0 radical (unpaired) electrons. The first kappa shape index (κ1) is 20.1. The minimum absolute atomic E-state index is 0.166. The average molecular weight is 476 g/mol. The first-order chi connectivity index (χ1) is 13.9. The van der Waals surface area contributed by atoms with Gasteiger partial charge in [-0.05, 0) is 48.7 Å². The van der Waals surface area contributed by atoms with Crippen molar-refractivity contribution in [2.45, 2.75) is 38.0 Å². The fraction of sp³-hybridized carbons (Fsp3) is 0.333. The van der Waals surface area contributed by atoms with Crippen molar-refractivity contribution < 1.29 is 13.2 Å². The molecule has 0 saturated heterocycles. The van der Waals surface area contributed by atoms with E-state index in [1.54, 1.807) is 30.3 Å². The molecule has 0 unspecified atom stereocenters. The minimum atomic E-state index is -3.56. The number of hydrogen-bond donors (Lipinski definition) is 1. The van der Waals surface area contributed by atoms with Gasteiger partial charge in [0.2, 0.25) is 5.91 Å². The molecule has 0 saturated carbocycles. The molecule has 1 aliphatic heterocycles. The van der Waals surface area contributed by atoms with Crippen LogP contribution < -0.4 is 5.32 Å². The number of halogens is 1. The van der Waals surface area contributed by atoms with Gasteiger partial charge in [0.25, 0.3) is 0 Å². The third kappa shape index (κ3) is 4.87. The van der Waals surface area contributed by atoms with Crippen LogP contribution in [0.25, 0.3) is 11.0 Å². The molecule has 1 amide bonds. The van der Waals surface area contributed by atoms with E-state index in [1.165, 1.54) is 6.42 Å². The molecule has 4 rings (SSSR count). The van der Waals surface area contributed by atoms with Gasteiger partial charge in [-0.1, -0.05) is 34.5 Å². The van der Waals surface area contributed by atoms with Crippen molar-refractivity contribution in [2.24, 2.45) is 0 Å². The number of anilines is 1. The number of amides is 1. The monoisotopic (exact) mass is 475 g/mol. The van der Waals surface area contributed by atoms with E-state index in [4.69, 9.17) is 4.98 Å². The van der Waals surface area contributed by atoms with Crippen LogP contribution in [0.4, 0.5) is 5.69 Å². The summed E-state index contributed by atoms with van der Waals surface area (Å²) in [7, 11) is -3.56. The molecule has 29 heavy (non-hydrogen) atoms. The number of aromatic nitrogens is 2. The van der Waals surface area contributed by atoms with Crippen LogP contribution in [-0.4, -0.2) is 29.6 Å². The maximum atomic E-state index is 12.4. The number of nitrogens with one attached hydrogen (secondary N) is 1. The summed E-state index contributed by atoms with van der Waals surface area (Å²) < 4.78 is 27.9. The molecule has 2 heterocycles. The fourth-order valence-electron chi connectivity index (χ4n) is 3.71. The molecule has 0 bridgehead atoms. The van der Waals surface area contributed by atoms with Crippen molar-refractivity contribution in [3.8, 4) is 0 Å². The van der Waals surface area contributed by atoms with Crippen LogP contribution in [0.2, 0.25) is 0 Å². The Hall–Kier alpha value is -2.19. The van der Waals surface area contributed by atoms with E-state index in [9.17, 15) is 13.2 Å². The molecule has 1 aromatic heterocycles. The number of hydrogen-bond acceptors (Lipinski definition) is 4. The van der Waals surface area contributed by atoms with Gasteiger partial charge in [0.15, 0.2) is 9.84 Å². The molecule has 0 fully saturated rings. The molecule has 152 valence electrons. The SMILES string of the molecule is O=C(CS(=O)(=O)Cc1ccc(Br)cc1)Nc1ccc2c(c1)nc1n2CCCCC1. The Balaban J connectivity index is 1.45. The number of nitrogens with zero attached hydrogens (tertiary/aromatic N) is 2. The number of rotatable bonds is 5. The number of carbonyl (C=O) groups is 1. The lowest BCUT2D eigenvalue weighted by molar-refractivity contribution is -0.113. The Morgan fingerprint density at radius 3 is 2.69 bits per heavy atom. The topological polar surface area (TPSA) is 81.1 Å². The summed E-state index contributed by atoms with van der Waals surface area (Å²) in [6.07, 6.45) is 4.47. The third-order valence-electron chi connectivity index (χ3n) is 5.04. The van der Waals surface area contributed by atoms with Crippen molar-refractivity contribution in [2.75, 3.05) is 11.1 Å². The highest BCUT2D eigenvalue weighted by atomic mass is 79.9. The van der Waals surface area contributed by atoms with Crippen LogP contribution in [0, 0.1) is 0 Å². The van der Waals surface area contributed by atoms with Crippen LogP contribution in [0.5, 0.6) is 0 Å². The van der Waals surface area contributed by atoms with Gasteiger partial charge in [-0.15, -0.1) is 0 Å². The Kier molecular flexibility index (Phi) is 5.74. The quantitative estimate of drug-likeness (QED) is 0.602. The number of imidazole rings is 1. The Morgan fingerprint density at radius 2 is 1.90 bits per heavy atom. The first-order valence-corrected chi connectivity index (χ1v) is 12.2. The van der Waals surface area contributed by atoms with Gasteiger partial charge in [-0.25, -0.2) is 13.4 Å². The zero-order valence-electron chi connectivity index (χ0n) is 15.9. The van der Waals surface area contributed by atoms with Crippen LogP contribution in [0.1, 0.15) is 30.7 Å². The van der Waals surface area contributed by atoms with E-state index in [0.29, 0.717) is 11.3 Å². The van der Waals surface area contributed by atoms with Crippen LogP contribution in [0.3, 0.4) is 0 Å². The summed E-state index contributed by atoms with van der Waals surface area (Å²) in [5, 5.41) is 2.70. The second-order valence-electron chi connectivity index (χ2n) is 7.40. The number of aryl methyl sites for hydroxylation is 2. The molecule has 8 heteroatoms. The highest BCUT2D eigenvalue weighted by molar-refractivity contribution is 9.10. The van der Waals surface area contributed by atoms with Gasteiger partial charge in [0, 0.05) is 23.1 Å². The minimum Gasteiger partial charge on any atom is -0.328 e. The van der Waals surface area contributed by atoms with Gasteiger partial charge in [-0.2, -0.15) is 0 Å². The largest absolute Gasteiger partial charge is 0.328 e. The summed E-state index contributed by atoms with van der Waals surface area (Å²) in [4.78, 5) is 17.0. The molecule has 1 aliphatic rings. The summed E-state index contributed by atoms with van der Waals surface area (Å²) >= 11 is 3.32. The predicted octanol–water partition coefficient (Wildman–Crippen LogP) is 4.08. The Morgan fingerprint density at radius 1 is 1.10 bits per heavy atom. The number of fused-ring (bicyclic) bond motifs is 3. The summed E-state index contributed by atoms with van der Waals surface area (Å²) in [5.74, 6) is -0.179. The molecule has 0 atom stereocenters. The normalized spacial score (nSPS) is 14.4. The van der Waals surface area contributed by atoms with E-state index in [0.717, 1.165) is 47.1 Å².